The van der Waals surface area contributed by atoms with E-state index in [0.29, 0.717) is 10.8 Å². The van der Waals surface area contributed by atoms with Gasteiger partial charge in [-0.2, -0.15) is 0 Å². The van der Waals surface area contributed by atoms with E-state index in [1.807, 2.05) is 51.1 Å². The summed E-state index contributed by atoms with van der Waals surface area (Å²) >= 11 is 6.21. The van der Waals surface area contributed by atoms with Crippen molar-refractivity contribution < 1.29 is 5.11 Å². The first-order chi connectivity index (χ1) is 8.99. The highest BCUT2D eigenvalue weighted by atomic mass is 35.5. The van der Waals surface area contributed by atoms with Crippen LogP contribution in [0.2, 0.25) is 5.02 Å². The number of aryl methyl sites for hydroxylation is 2. The average molecular weight is 276 g/mol. The second kappa shape index (κ2) is 5.54. The van der Waals surface area contributed by atoms with Crippen LogP contribution in [0.1, 0.15) is 29.7 Å². The molecule has 0 aliphatic rings. The average Bonchev–Trinajstić information content (AvgIpc) is 2.37. The molecule has 0 fully saturated rings. The molecule has 0 spiro atoms. The number of phenols is 1. The number of rotatable bonds is 3. The lowest BCUT2D eigenvalue weighted by molar-refractivity contribution is 0.465. The van der Waals surface area contributed by atoms with Crippen LogP contribution < -0.4 is 5.32 Å². The van der Waals surface area contributed by atoms with Crippen LogP contribution in [-0.2, 0) is 0 Å². The third kappa shape index (κ3) is 3.02. The number of hydrogen-bond acceptors (Lipinski definition) is 2. The van der Waals surface area contributed by atoms with E-state index in [1.54, 1.807) is 6.07 Å². The summed E-state index contributed by atoms with van der Waals surface area (Å²) in [6.45, 7) is 6.03. The number of phenolic OH excluding ortho intramolecular Hbond substituents is 1. The van der Waals surface area contributed by atoms with E-state index in [0.717, 1.165) is 22.4 Å². The minimum Gasteiger partial charge on any atom is -0.508 e. The summed E-state index contributed by atoms with van der Waals surface area (Å²) in [6, 6.07) is 11.4. The predicted molar refractivity (Wildman–Crippen MR) is 81.1 cm³/mol. The Labute approximate surface area is 119 Å². The third-order valence-corrected chi connectivity index (χ3v) is 3.55. The van der Waals surface area contributed by atoms with Crippen molar-refractivity contribution in [3.63, 3.8) is 0 Å². The molecule has 2 rings (SSSR count). The van der Waals surface area contributed by atoms with Crippen LogP contribution in [0.4, 0.5) is 5.69 Å². The van der Waals surface area contributed by atoms with Crippen LogP contribution >= 0.6 is 11.6 Å². The second-order valence-corrected chi connectivity index (χ2v) is 5.27. The number of nitrogens with one attached hydrogen (secondary N) is 1. The summed E-state index contributed by atoms with van der Waals surface area (Å²) in [6.07, 6.45) is 0. The monoisotopic (exact) mass is 275 g/mol. The van der Waals surface area contributed by atoms with E-state index < -0.39 is 0 Å². The van der Waals surface area contributed by atoms with E-state index in [4.69, 9.17) is 11.6 Å². The van der Waals surface area contributed by atoms with Gasteiger partial charge in [-0.15, -0.1) is 0 Å². The minimum absolute atomic E-state index is 0.0153. The van der Waals surface area contributed by atoms with Gasteiger partial charge in [0.15, 0.2) is 0 Å². The first-order valence-corrected chi connectivity index (χ1v) is 6.68. The van der Waals surface area contributed by atoms with Crippen LogP contribution in [-0.4, -0.2) is 5.11 Å². The zero-order valence-electron chi connectivity index (χ0n) is 11.4. The van der Waals surface area contributed by atoms with E-state index in [9.17, 15) is 5.11 Å². The Kier molecular flexibility index (Phi) is 4.01. The zero-order chi connectivity index (χ0) is 14.0. The second-order valence-electron chi connectivity index (χ2n) is 4.86. The Morgan fingerprint density at radius 1 is 1.16 bits per heavy atom. The van der Waals surface area contributed by atoms with E-state index in [2.05, 4.69) is 5.32 Å². The summed E-state index contributed by atoms with van der Waals surface area (Å²) in [5.74, 6) is 0.301. The molecular formula is C16H18ClNO. The molecule has 0 saturated heterocycles. The Balaban J connectivity index is 2.31. The Morgan fingerprint density at radius 2 is 1.89 bits per heavy atom. The van der Waals surface area contributed by atoms with Crippen molar-refractivity contribution in [1.29, 1.82) is 0 Å². The molecule has 0 aliphatic heterocycles. The molecule has 1 atom stereocenters. The van der Waals surface area contributed by atoms with Crippen LogP contribution in [0.25, 0.3) is 0 Å². The van der Waals surface area contributed by atoms with Crippen molar-refractivity contribution in [2.24, 2.45) is 0 Å². The van der Waals surface area contributed by atoms with Gasteiger partial charge in [-0.25, -0.2) is 0 Å². The first kappa shape index (κ1) is 13.8. The number of anilines is 1. The molecule has 0 heterocycles. The van der Waals surface area contributed by atoms with Gasteiger partial charge in [-0.1, -0.05) is 41.4 Å². The molecule has 0 saturated carbocycles. The fourth-order valence-electron chi connectivity index (χ4n) is 2.13. The third-order valence-electron chi connectivity index (χ3n) is 3.23. The van der Waals surface area contributed by atoms with Crippen molar-refractivity contribution in [1.82, 2.24) is 0 Å². The number of hydrogen-bond donors (Lipinski definition) is 2. The maximum Gasteiger partial charge on any atom is 0.120 e. The summed E-state index contributed by atoms with van der Waals surface area (Å²) in [4.78, 5) is 0. The highest BCUT2D eigenvalue weighted by Gasteiger charge is 2.13. The minimum atomic E-state index is -0.0153. The predicted octanol–water partition coefficient (Wildman–Crippen LogP) is 4.84. The maximum absolute atomic E-state index is 9.95. The van der Waals surface area contributed by atoms with E-state index >= 15 is 0 Å². The van der Waals surface area contributed by atoms with Crippen LogP contribution in [0, 0.1) is 13.8 Å². The quantitative estimate of drug-likeness (QED) is 0.840. The maximum atomic E-state index is 9.95. The van der Waals surface area contributed by atoms with E-state index in [1.165, 1.54) is 0 Å². The highest BCUT2D eigenvalue weighted by Crippen LogP contribution is 2.32. The van der Waals surface area contributed by atoms with Gasteiger partial charge in [0.2, 0.25) is 0 Å². The molecule has 19 heavy (non-hydrogen) atoms. The van der Waals surface area contributed by atoms with Gasteiger partial charge in [0.25, 0.3) is 0 Å². The standard InChI is InChI=1S/C16H18ClNO/c1-10-7-8-15(19)13(9-10)12(3)18-16-11(2)5-4-6-14(16)17/h4-9,12,18-19H,1-3H3. The van der Waals surface area contributed by atoms with Gasteiger partial charge in [0, 0.05) is 5.56 Å². The molecule has 0 aromatic heterocycles. The molecule has 2 nitrogen and oxygen atoms in total. The molecule has 0 bridgehead atoms. The van der Waals surface area contributed by atoms with Crippen molar-refractivity contribution >= 4 is 17.3 Å². The summed E-state index contributed by atoms with van der Waals surface area (Å²) in [5, 5.41) is 14.0. The Bertz CT molecular complexity index is 575. The zero-order valence-corrected chi connectivity index (χ0v) is 12.1. The topological polar surface area (TPSA) is 32.3 Å². The first-order valence-electron chi connectivity index (χ1n) is 6.30. The SMILES string of the molecule is Cc1ccc(O)c(C(C)Nc2c(C)cccc2Cl)c1. The normalized spacial score (nSPS) is 12.2. The lowest BCUT2D eigenvalue weighted by atomic mass is 10.0. The molecule has 0 aliphatic carbocycles. The Morgan fingerprint density at radius 3 is 2.58 bits per heavy atom. The molecule has 2 aromatic carbocycles. The van der Waals surface area contributed by atoms with Crippen LogP contribution in [0.5, 0.6) is 5.75 Å². The number of para-hydroxylation sites is 1. The van der Waals surface area contributed by atoms with E-state index in [-0.39, 0.29) is 6.04 Å². The Hall–Kier alpha value is -1.67. The number of aromatic hydroxyl groups is 1. The molecule has 2 N–H and O–H groups in total. The van der Waals surface area contributed by atoms with Crippen molar-refractivity contribution in [2.75, 3.05) is 5.32 Å². The van der Waals surface area contributed by atoms with Crippen LogP contribution in [0.15, 0.2) is 36.4 Å². The number of benzene rings is 2. The molecular weight excluding hydrogens is 258 g/mol. The molecule has 2 aromatic rings. The lowest BCUT2D eigenvalue weighted by Crippen LogP contribution is -2.08. The van der Waals surface area contributed by atoms with Crippen molar-refractivity contribution in [3.05, 3.63) is 58.1 Å². The van der Waals surface area contributed by atoms with Gasteiger partial charge in [-0.05, 0) is 38.5 Å². The smallest absolute Gasteiger partial charge is 0.120 e. The van der Waals surface area contributed by atoms with Gasteiger partial charge in [-0.3, -0.25) is 0 Å². The summed E-state index contributed by atoms with van der Waals surface area (Å²) < 4.78 is 0. The molecule has 3 heteroatoms. The summed E-state index contributed by atoms with van der Waals surface area (Å²) in [7, 11) is 0. The van der Waals surface area contributed by atoms with Crippen molar-refractivity contribution in [3.8, 4) is 5.75 Å². The van der Waals surface area contributed by atoms with Crippen LogP contribution in [0.3, 0.4) is 0 Å². The fraction of sp³-hybridized carbons (Fsp3) is 0.250. The largest absolute Gasteiger partial charge is 0.508 e. The van der Waals surface area contributed by atoms with Crippen molar-refractivity contribution in [2.45, 2.75) is 26.8 Å². The van der Waals surface area contributed by atoms with Gasteiger partial charge >= 0.3 is 0 Å². The fourth-order valence-corrected chi connectivity index (χ4v) is 2.41. The highest BCUT2D eigenvalue weighted by molar-refractivity contribution is 6.33. The molecule has 100 valence electrons. The number of halogens is 1. The molecule has 0 radical (unpaired) electrons. The van der Waals surface area contributed by atoms with Gasteiger partial charge in [0.1, 0.15) is 5.75 Å². The summed E-state index contributed by atoms with van der Waals surface area (Å²) in [5.41, 5.74) is 4.00. The van der Waals surface area contributed by atoms with Gasteiger partial charge < -0.3 is 10.4 Å². The molecule has 0 amide bonds. The molecule has 1 unspecified atom stereocenters. The lowest BCUT2D eigenvalue weighted by Gasteiger charge is -2.20. The van der Waals surface area contributed by atoms with Gasteiger partial charge in [0.05, 0.1) is 16.8 Å².